The summed E-state index contributed by atoms with van der Waals surface area (Å²) in [6, 6.07) is 0. The summed E-state index contributed by atoms with van der Waals surface area (Å²) in [4.78, 5) is 0.663. The fourth-order valence-electron chi connectivity index (χ4n) is 1.47. The maximum Gasteiger partial charge on any atom is 0.279 e. The van der Waals surface area contributed by atoms with E-state index in [1.54, 1.807) is 6.92 Å². The minimum atomic E-state index is -4.15. The van der Waals surface area contributed by atoms with E-state index in [-0.39, 0.29) is 6.54 Å². The first-order valence-corrected chi connectivity index (χ1v) is 6.41. The van der Waals surface area contributed by atoms with Gasteiger partial charge in [0.1, 0.15) is 0 Å². The van der Waals surface area contributed by atoms with Gasteiger partial charge in [-0.15, -0.1) is 0 Å². The third-order valence-corrected chi connectivity index (χ3v) is 3.23. The molecule has 0 fully saturated rings. The normalized spacial score (nSPS) is 19.6. The number of rotatable bonds is 4. The smallest absolute Gasteiger partial charge is 0.279 e. The number of hydrogen-bond donors (Lipinski definition) is 0. The van der Waals surface area contributed by atoms with Crippen LogP contribution in [-0.2, 0) is 9.84 Å². The van der Waals surface area contributed by atoms with E-state index in [0.717, 1.165) is 0 Å². The minimum Gasteiger partial charge on any atom is -0.338 e. The molecule has 0 saturated carbocycles. The molecule has 0 saturated heterocycles. The number of alkyl halides is 4. The highest BCUT2D eigenvalue weighted by Crippen LogP contribution is 2.30. The first kappa shape index (κ1) is 14.0. The SMILES string of the molecule is CCCN1C(C(F)F)=CS(=O)(=O)C=C1C(F)F. The third-order valence-electron chi connectivity index (χ3n) is 2.09. The first-order chi connectivity index (χ1) is 7.78. The van der Waals surface area contributed by atoms with Gasteiger partial charge < -0.3 is 4.90 Å². The molecule has 1 aliphatic heterocycles. The Kier molecular flexibility index (Phi) is 4.18. The summed E-state index contributed by atoms with van der Waals surface area (Å²) in [5.41, 5.74) is -1.80. The molecule has 17 heavy (non-hydrogen) atoms. The van der Waals surface area contributed by atoms with Crippen LogP contribution in [0.15, 0.2) is 22.2 Å². The highest BCUT2D eigenvalue weighted by molar-refractivity contribution is 7.97. The van der Waals surface area contributed by atoms with E-state index in [1.807, 2.05) is 0 Å². The lowest BCUT2D eigenvalue weighted by molar-refractivity contribution is 0.114. The van der Waals surface area contributed by atoms with Gasteiger partial charge in [-0.05, 0) is 6.42 Å². The van der Waals surface area contributed by atoms with E-state index in [0.29, 0.717) is 22.1 Å². The summed E-state index contributed by atoms with van der Waals surface area (Å²) < 4.78 is 72.9. The van der Waals surface area contributed by atoms with Gasteiger partial charge in [-0.2, -0.15) is 0 Å². The molecule has 1 aliphatic rings. The van der Waals surface area contributed by atoms with Crippen molar-refractivity contribution in [3.05, 3.63) is 22.2 Å². The molecule has 0 bridgehead atoms. The second-order valence-electron chi connectivity index (χ2n) is 3.43. The molecule has 0 unspecified atom stereocenters. The van der Waals surface area contributed by atoms with Gasteiger partial charge in [0, 0.05) is 6.54 Å². The van der Waals surface area contributed by atoms with Gasteiger partial charge in [0.2, 0.25) is 0 Å². The maximum absolute atomic E-state index is 12.6. The molecule has 0 amide bonds. The zero-order valence-corrected chi connectivity index (χ0v) is 9.72. The molecule has 98 valence electrons. The van der Waals surface area contributed by atoms with Crippen molar-refractivity contribution in [3.63, 3.8) is 0 Å². The van der Waals surface area contributed by atoms with Gasteiger partial charge in [0.15, 0.2) is 9.84 Å². The van der Waals surface area contributed by atoms with Crippen molar-refractivity contribution in [2.75, 3.05) is 6.54 Å². The predicted octanol–water partition coefficient (Wildman–Crippen LogP) is 2.34. The molecule has 0 aromatic heterocycles. The van der Waals surface area contributed by atoms with E-state index in [9.17, 15) is 26.0 Å². The van der Waals surface area contributed by atoms with Gasteiger partial charge in [-0.3, -0.25) is 0 Å². The zero-order chi connectivity index (χ0) is 13.2. The van der Waals surface area contributed by atoms with Crippen LogP contribution in [0.3, 0.4) is 0 Å². The minimum absolute atomic E-state index is 0.0815. The van der Waals surface area contributed by atoms with Crippen LogP contribution in [0.4, 0.5) is 17.6 Å². The molecular formula is C9H11F4NO2S. The summed E-state index contributed by atoms with van der Waals surface area (Å²) >= 11 is 0. The molecule has 1 heterocycles. The van der Waals surface area contributed by atoms with E-state index >= 15 is 0 Å². The highest BCUT2D eigenvalue weighted by atomic mass is 32.2. The summed E-state index contributed by atoms with van der Waals surface area (Å²) in [6.45, 7) is 1.54. The van der Waals surface area contributed by atoms with Gasteiger partial charge in [0.25, 0.3) is 12.9 Å². The molecule has 0 spiro atoms. The van der Waals surface area contributed by atoms with Gasteiger partial charge in [-0.1, -0.05) is 6.92 Å². The van der Waals surface area contributed by atoms with Crippen molar-refractivity contribution in [1.29, 1.82) is 0 Å². The summed E-state index contributed by atoms with van der Waals surface area (Å²) in [7, 11) is -4.15. The van der Waals surface area contributed by atoms with E-state index in [1.165, 1.54) is 0 Å². The quantitative estimate of drug-likeness (QED) is 0.738. The lowest BCUT2D eigenvalue weighted by Gasteiger charge is -2.30. The molecule has 0 aromatic rings. The van der Waals surface area contributed by atoms with Crippen LogP contribution in [0.2, 0.25) is 0 Å². The number of nitrogens with zero attached hydrogens (tertiary/aromatic N) is 1. The van der Waals surface area contributed by atoms with Crippen molar-refractivity contribution >= 4 is 9.84 Å². The van der Waals surface area contributed by atoms with Crippen LogP contribution in [0.5, 0.6) is 0 Å². The van der Waals surface area contributed by atoms with Crippen molar-refractivity contribution in [3.8, 4) is 0 Å². The molecule has 3 nitrogen and oxygen atoms in total. The van der Waals surface area contributed by atoms with Gasteiger partial charge >= 0.3 is 0 Å². The molecule has 8 heteroatoms. The Labute approximate surface area is 96.3 Å². The van der Waals surface area contributed by atoms with Crippen molar-refractivity contribution in [1.82, 2.24) is 4.90 Å². The average molecular weight is 273 g/mol. The Hall–Kier alpha value is -1.05. The van der Waals surface area contributed by atoms with Crippen LogP contribution < -0.4 is 0 Å². The molecule has 0 N–H and O–H groups in total. The Morgan fingerprint density at radius 3 is 1.82 bits per heavy atom. The van der Waals surface area contributed by atoms with Crippen LogP contribution in [0.25, 0.3) is 0 Å². The first-order valence-electron chi connectivity index (χ1n) is 4.80. The van der Waals surface area contributed by atoms with E-state index < -0.39 is 34.1 Å². The monoisotopic (exact) mass is 273 g/mol. The topological polar surface area (TPSA) is 37.4 Å². The maximum atomic E-state index is 12.6. The Morgan fingerprint density at radius 1 is 1.12 bits per heavy atom. The Bertz CT molecular complexity index is 410. The number of sulfone groups is 1. The molecular weight excluding hydrogens is 262 g/mol. The van der Waals surface area contributed by atoms with E-state index in [4.69, 9.17) is 0 Å². The fourth-order valence-corrected chi connectivity index (χ4v) is 2.67. The molecule has 0 aromatic carbocycles. The Morgan fingerprint density at radius 2 is 1.53 bits per heavy atom. The average Bonchev–Trinajstić information content (AvgIpc) is 2.19. The fraction of sp³-hybridized carbons (Fsp3) is 0.556. The molecule has 0 atom stereocenters. The zero-order valence-electron chi connectivity index (χ0n) is 8.91. The van der Waals surface area contributed by atoms with Crippen LogP contribution in [0.1, 0.15) is 13.3 Å². The van der Waals surface area contributed by atoms with Crippen LogP contribution >= 0.6 is 0 Å². The molecule has 1 rings (SSSR count). The van der Waals surface area contributed by atoms with Crippen LogP contribution in [-0.4, -0.2) is 32.7 Å². The summed E-state index contributed by atoms with van der Waals surface area (Å²) in [5, 5.41) is 0.665. The lowest BCUT2D eigenvalue weighted by Crippen LogP contribution is -2.33. The van der Waals surface area contributed by atoms with E-state index in [2.05, 4.69) is 0 Å². The van der Waals surface area contributed by atoms with Crippen molar-refractivity contribution in [2.45, 2.75) is 26.2 Å². The third kappa shape index (κ3) is 3.21. The molecule has 0 radical (unpaired) electrons. The summed E-state index contributed by atoms with van der Waals surface area (Å²) in [5.74, 6) is 0. The van der Waals surface area contributed by atoms with Crippen molar-refractivity contribution in [2.24, 2.45) is 0 Å². The second kappa shape index (κ2) is 5.07. The number of allylic oxidation sites excluding steroid dienone is 2. The largest absolute Gasteiger partial charge is 0.338 e. The Balaban J connectivity index is 3.25. The lowest BCUT2D eigenvalue weighted by atomic mass is 10.3. The summed E-state index contributed by atoms with van der Waals surface area (Å²) in [6.07, 6.45) is -5.88. The standard InChI is InChI=1S/C9H11F4NO2S/c1-2-3-14-6(8(10)11)4-17(15,16)5-7(14)9(12)13/h4-5,8-9H,2-3H2,1H3. The van der Waals surface area contributed by atoms with Gasteiger partial charge in [0.05, 0.1) is 22.2 Å². The van der Waals surface area contributed by atoms with Gasteiger partial charge in [-0.25, -0.2) is 26.0 Å². The van der Waals surface area contributed by atoms with Crippen molar-refractivity contribution < 1.29 is 26.0 Å². The highest BCUT2D eigenvalue weighted by Gasteiger charge is 2.32. The number of halogens is 4. The predicted molar refractivity (Wildman–Crippen MR) is 54.1 cm³/mol. The van der Waals surface area contributed by atoms with Crippen LogP contribution in [0, 0.1) is 0 Å². The molecule has 0 aliphatic carbocycles. The second-order valence-corrected chi connectivity index (χ2v) is 5.08. The number of hydrogen-bond acceptors (Lipinski definition) is 3.